The number of halogens is 1. The highest BCUT2D eigenvalue weighted by Crippen LogP contribution is 2.15. The third kappa shape index (κ3) is 7.48. The van der Waals surface area contributed by atoms with Crippen LogP contribution < -0.4 is 20.8 Å². The summed E-state index contributed by atoms with van der Waals surface area (Å²) in [6, 6.07) is 20.6. The number of amides is 3. The molecule has 8 nitrogen and oxygen atoms in total. The molecule has 3 aromatic rings. The zero-order valence-electron chi connectivity index (χ0n) is 17.7. The van der Waals surface area contributed by atoms with Gasteiger partial charge in [0.15, 0.2) is 6.61 Å². The topological polar surface area (TPSA) is 109 Å². The Balaban J connectivity index is 1.44. The molecular weight excluding hydrogens is 444 g/mol. The van der Waals surface area contributed by atoms with Gasteiger partial charge in [0.05, 0.1) is 6.21 Å². The van der Waals surface area contributed by atoms with Crippen LogP contribution >= 0.6 is 11.6 Å². The van der Waals surface area contributed by atoms with Gasteiger partial charge in [0.2, 0.25) is 0 Å². The van der Waals surface area contributed by atoms with E-state index in [1.165, 1.54) is 12.3 Å². The molecule has 0 fully saturated rings. The zero-order valence-corrected chi connectivity index (χ0v) is 18.4. The Morgan fingerprint density at radius 2 is 1.70 bits per heavy atom. The fourth-order valence-corrected chi connectivity index (χ4v) is 2.86. The van der Waals surface area contributed by atoms with Gasteiger partial charge in [-0.15, -0.1) is 0 Å². The molecule has 0 saturated carbocycles. The Bertz CT molecular complexity index is 1180. The molecule has 0 unspecified atom stereocenters. The summed E-state index contributed by atoms with van der Waals surface area (Å²) in [6.45, 7) is 1.77. The highest BCUT2D eigenvalue weighted by atomic mass is 35.5. The van der Waals surface area contributed by atoms with Crippen LogP contribution in [-0.2, 0) is 14.4 Å². The number of benzene rings is 3. The summed E-state index contributed by atoms with van der Waals surface area (Å²) >= 11 is 5.84. The molecule has 168 valence electrons. The summed E-state index contributed by atoms with van der Waals surface area (Å²) in [4.78, 5) is 35.8. The van der Waals surface area contributed by atoms with E-state index < -0.39 is 11.8 Å². The number of aryl methyl sites for hydroxylation is 1. The number of carbonyl (C=O) groups is 3. The minimum absolute atomic E-state index is 0.139. The van der Waals surface area contributed by atoms with Gasteiger partial charge in [-0.1, -0.05) is 35.9 Å². The van der Waals surface area contributed by atoms with Gasteiger partial charge >= 0.3 is 11.8 Å². The largest absolute Gasteiger partial charge is 0.484 e. The number of hydrogen-bond donors (Lipinski definition) is 3. The van der Waals surface area contributed by atoms with Crippen LogP contribution in [0.4, 0.5) is 11.4 Å². The highest BCUT2D eigenvalue weighted by Gasteiger charge is 2.12. The van der Waals surface area contributed by atoms with Gasteiger partial charge in [-0.25, -0.2) is 5.43 Å². The quantitative estimate of drug-likeness (QED) is 0.281. The maximum absolute atomic E-state index is 12.1. The van der Waals surface area contributed by atoms with Crippen molar-refractivity contribution in [3.05, 3.63) is 88.9 Å². The van der Waals surface area contributed by atoms with E-state index in [-0.39, 0.29) is 12.5 Å². The number of hydrogen-bond acceptors (Lipinski definition) is 5. The lowest BCUT2D eigenvalue weighted by Gasteiger charge is -2.09. The standard InChI is InChI=1S/C24H21ClN4O4/c1-16-5-2-3-8-21(16)28-22(30)15-33-20-11-9-17(10-12-20)14-26-29-24(32)23(31)27-19-7-4-6-18(25)13-19/h2-14H,15H2,1H3,(H,27,31)(H,28,30)(H,29,32)/b26-14-. The van der Waals surface area contributed by atoms with Gasteiger partial charge < -0.3 is 15.4 Å². The molecule has 3 N–H and O–H groups in total. The maximum atomic E-state index is 12.1. The van der Waals surface area contributed by atoms with Gasteiger partial charge in [0, 0.05) is 16.4 Å². The monoisotopic (exact) mass is 464 g/mol. The minimum atomic E-state index is -0.925. The number of hydrazone groups is 1. The molecule has 0 heterocycles. The highest BCUT2D eigenvalue weighted by molar-refractivity contribution is 6.39. The van der Waals surface area contributed by atoms with Crippen LogP contribution in [-0.4, -0.2) is 30.5 Å². The van der Waals surface area contributed by atoms with Gasteiger partial charge in [-0.2, -0.15) is 5.10 Å². The van der Waals surface area contributed by atoms with Crippen molar-refractivity contribution in [3.8, 4) is 5.75 Å². The van der Waals surface area contributed by atoms with Crippen LogP contribution in [0.5, 0.6) is 5.75 Å². The Morgan fingerprint density at radius 3 is 2.42 bits per heavy atom. The summed E-state index contributed by atoms with van der Waals surface area (Å²) in [5.41, 5.74) is 4.90. The van der Waals surface area contributed by atoms with E-state index >= 15 is 0 Å². The number of rotatable bonds is 7. The Hall–Kier alpha value is -4.17. The Labute approximate surface area is 195 Å². The van der Waals surface area contributed by atoms with E-state index in [9.17, 15) is 14.4 Å². The lowest BCUT2D eigenvalue weighted by Crippen LogP contribution is -2.32. The molecule has 0 aliphatic heterocycles. The molecule has 3 rings (SSSR count). The van der Waals surface area contributed by atoms with Crippen LogP contribution in [0, 0.1) is 6.92 Å². The van der Waals surface area contributed by atoms with Crippen molar-refractivity contribution in [1.82, 2.24) is 5.43 Å². The number of ether oxygens (including phenoxy) is 1. The third-order valence-electron chi connectivity index (χ3n) is 4.34. The fraction of sp³-hybridized carbons (Fsp3) is 0.0833. The molecule has 0 aromatic heterocycles. The zero-order chi connectivity index (χ0) is 23.6. The van der Waals surface area contributed by atoms with Crippen LogP contribution in [0.2, 0.25) is 5.02 Å². The molecule has 0 atom stereocenters. The van der Waals surface area contributed by atoms with Gasteiger partial charge in [-0.05, 0) is 66.6 Å². The van der Waals surface area contributed by atoms with E-state index in [1.807, 2.05) is 31.2 Å². The van der Waals surface area contributed by atoms with Gasteiger partial charge in [-0.3, -0.25) is 14.4 Å². The van der Waals surface area contributed by atoms with Crippen LogP contribution in [0.25, 0.3) is 0 Å². The maximum Gasteiger partial charge on any atom is 0.329 e. The molecule has 3 aromatic carbocycles. The van der Waals surface area contributed by atoms with Crippen LogP contribution in [0.1, 0.15) is 11.1 Å². The lowest BCUT2D eigenvalue weighted by molar-refractivity contribution is -0.136. The summed E-state index contributed by atoms with van der Waals surface area (Å²) in [5, 5.41) is 9.41. The summed E-state index contributed by atoms with van der Waals surface area (Å²) in [7, 11) is 0. The number of nitrogens with zero attached hydrogens (tertiary/aromatic N) is 1. The summed E-state index contributed by atoms with van der Waals surface area (Å²) in [6.07, 6.45) is 1.37. The van der Waals surface area contributed by atoms with E-state index in [2.05, 4.69) is 21.2 Å². The minimum Gasteiger partial charge on any atom is -0.484 e. The van der Waals surface area contributed by atoms with E-state index in [1.54, 1.807) is 42.5 Å². The first kappa shape index (κ1) is 23.5. The van der Waals surface area contributed by atoms with Gasteiger partial charge in [0.1, 0.15) is 5.75 Å². The number of anilines is 2. The molecule has 0 spiro atoms. The first-order valence-electron chi connectivity index (χ1n) is 9.89. The van der Waals surface area contributed by atoms with Crippen molar-refractivity contribution in [3.63, 3.8) is 0 Å². The second-order valence-corrected chi connectivity index (χ2v) is 7.32. The van der Waals surface area contributed by atoms with Crippen molar-refractivity contribution >= 4 is 46.9 Å². The Kier molecular flexibility index (Phi) is 8.15. The molecule has 3 amide bonds. The molecule has 0 saturated heterocycles. The van der Waals surface area contributed by atoms with Crippen molar-refractivity contribution in [2.75, 3.05) is 17.2 Å². The average molecular weight is 465 g/mol. The first-order valence-corrected chi connectivity index (χ1v) is 10.3. The average Bonchev–Trinajstić information content (AvgIpc) is 2.80. The SMILES string of the molecule is Cc1ccccc1NC(=O)COc1ccc(/C=N\NC(=O)C(=O)Nc2cccc(Cl)c2)cc1. The van der Waals surface area contributed by atoms with Crippen molar-refractivity contribution in [2.45, 2.75) is 6.92 Å². The number of carbonyl (C=O) groups excluding carboxylic acids is 3. The predicted octanol–water partition coefficient (Wildman–Crippen LogP) is 3.75. The molecule has 9 heteroatoms. The van der Waals surface area contributed by atoms with Crippen LogP contribution in [0.15, 0.2) is 77.9 Å². The normalized spacial score (nSPS) is 10.5. The van der Waals surface area contributed by atoms with E-state index in [0.717, 1.165) is 11.3 Å². The molecule has 0 radical (unpaired) electrons. The Morgan fingerprint density at radius 1 is 0.939 bits per heavy atom. The molecular formula is C24H21ClN4O4. The molecule has 0 aliphatic carbocycles. The van der Waals surface area contributed by atoms with Crippen molar-refractivity contribution < 1.29 is 19.1 Å². The molecule has 0 bridgehead atoms. The van der Waals surface area contributed by atoms with Crippen molar-refractivity contribution in [2.24, 2.45) is 5.10 Å². The van der Waals surface area contributed by atoms with Gasteiger partial charge in [0.25, 0.3) is 5.91 Å². The van der Waals surface area contributed by atoms with Crippen molar-refractivity contribution in [1.29, 1.82) is 0 Å². The predicted molar refractivity (Wildman–Crippen MR) is 128 cm³/mol. The molecule has 33 heavy (non-hydrogen) atoms. The van der Waals surface area contributed by atoms with Crippen LogP contribution in [0.3, 0.4) is 0 Å². The van der Waals surface area contributed by atoms with E-state index in [0.29, 0.717) is 22.0 Å². The lowest BCUT2D eigenvalue weighted by atomic mass is 10.2. The number of para-hydroxylation sites is 1. The summed E-state index contributed by atoms with van der Waals surface area (Å²) in [5.74, 6) is -1.57. The second-order valence-electron chi connectivity index (χ2n) is 6.88. The fourth-order valence-electron chi connectivity index (χ4n) is 2.67. The molecule has 0 aliphatic rings. The number of nitrogens with one attached hydrogen (secondary N) is 3. The first-order chi connectivity index (χ1) is 15.9. The smallest absolute Gasteiger partial charge is 0.329 e. The second kappa shape index (κ2) is 11.4. The third-order valence-corrected chi connectivity index (χ3v) is 4.57. The van der Waals surface area contributed by atoms with E-state index in [4.69, 9.17) is 16.3 Å². The summed E-state index contributed by atoms with van der Waals surface area (Å²) < 4.78 is 5.49.